The van der Waals surface area contributed by atoms with Crippen LogP contribution in [0.25, 0.3) is 11.1 Å². The summed E-state index contributed by atoms with van der Waals surface area (Å²) in [4.78, 5) is 16.7. The van der Waals surface area contributed by atoms with E-state index >= 15 is 0 Å². The summed E-state index contributed by atoms with van der Waals surface area (Å²) in [7, 11) is 0. The monoisotopic (exact) mass is 399 g/mol. The number of rotatable bonds is 3. The summed E-state index contributed by atoms with van der Waals surface area (Å²) in [6.07, 6.45) is -0.360. The largest absolute Gasteiger partial charge is 0.586 e. The molecule has 2 aliphatic rings. The first kappa shape index (κ1) is 17.5. The van der Waals surface area contributed by atoms with Gasteiger partial charge in [-0.25, -0.2) is 4.98 Å². The van der Waals surface area contributed by atoms with Gasteiger partial charge < -0.3 is 19.4 Å². The second-order valence-corrected chi connectivity index (χ2v) is 6.86. The van der Waals surface area contributed by atoms with Crippen molar-refractivity contribution in [2.24, 2.45) is 0 Å². The van der Waals surface area contributed by atoms with Gasteiger partial charge in [-0.05, 0) is 48.7 Å². The van der Waals surface area contributed by atoms with E-state index in [1.165, 1.54) is 12.1 Å². The minimum Gasteiger partial charge on any atom is -0.395 e. The molecule has 1 aromatic carbocycles. The quantitative estimate of drug-likeness (QED) is 0.728. The maximum atomic E-state index is 13.3. The number of benzene rings is 1. The predicted molar refractivity (Wildman–Crippen MR) is 96.9 cm³/mol. The molecule has 8 nitrogen and oxygen atoms in total. The number of fused-ring (bicyclic) bond motifs is 2. The minimum absolute atomic E-state index is 0.00562. The van der Waals surface area contributed by atoms with Gasteiger partial charge in [-0.1, -0.05) is 0 Å². The van der Waals surface area contributed by atoms with E-state index in [2.05, 4.69) is 30.0 Å². The topological polar surface area (TPSA) is 91.2 Å². The number of amides is 1. The predicted octanol–water partition coefficient (Wildman–Crippen LogP) is 3.17. The van der Waals surface area contributed by atoms with Crippen molar-refractivity contribution in [3.8, 4) is 22.6 Å². The van der Waals surface area contributed by atoms with Crippen molar-refractivity contribution in [1.29, 1.82) is 0 Å². The third kappa shape index (κ3) is 3.06. The smallest absolute Gasteiger partial charge is 0.395 e. The highest BCUT2D eigenvalue weighted by atomic mass is 19.3. The Bertz CT molecular complexity index is 1130. The summed E-state index contributed by atoms with van der Waals surface area (Å²) < 4.78 is 37.3. The van der Waals surface area contributed by atoms with Crippen LogP contribution in [0.15, 0.2) is 30.5 Å². The first-order valence-corrected chi connectivity index (χ1v) is 9.00. The summed E-state index contributed by atoms with van der Waals surface area (Å²) in [5, 5.41) is 10.7. The van der Waals surface area contributed by atoms with E-state index in [1.54, 1.807) is 29.8 Å². The Morgan fingerprint density at radius 1 is 1.21 bits per heavy atom. The number of ether oxygens (including phenoxy) is 2. The summed E-state index contributed by atoms with van der Waals surface area (Å²) in [5.41, 5.74) is 2.08. The molecule has 0 saturated carbocycles. The Morgan fingerprint density at radius 3 is 2.76 bits per heavy atom. The van der Waals surface area contributed by atoms with Crippen LogP contribution in [-0.2, 0) is 13.0 Å². The van der Waals surface area contributed by atoms with Crippen molar-refractivity contribution in [2.45, 2.75) is 32.6 Å². The van der Waals surface area contributed by atoms with E-state index in [4.69, 9.17) is 0 Å². The summed E-state index contributed by atoms with van der Waals surface area (Å²) >= 11 is 0. The van der Waals surface area contributed by atoms with E-state index in [0.29, 0.717) is 16.9 Å². The second kappa shape index (κ2) is 6.23. The van der Waals surface area contributed by atoms with E-state index in [0.717, 1.165) is 30.8 Å². The van der Waals surface area contributed by atoms with Crippen molar-refractivity contribution in [2.75, 3.05) is 5.32 Å². The number of alkyl halides is 2. The highest BCUT2D eigenvalue weighted by Gasteiger charge is 2.43. The minimum atomic E-state index is -3.67. The number of pyridine rings is 1. The molecule has 3 aromatic rings. The van der Waals surface area contributed by atoms with Crippen LogP contribution in [0, 0.1) is 6.92 Å². The average molecular weight is 399 g/mol. The van der Waals surface area contributed by atoms with Crippen LogP contribution in [0.3, 0.4) is 0 Å². The molecule has 0 unspecified atom stereocenters. The van der Waals surface area contributed by atoms with Crippen molar-refractivity contribution >= 4 is 11.7 Å². The Kier molecular flexibility index (Phi) is 3.76. The number of nitrogens with one attached hydrogen (secondary N) is 1. The molecule has 0 saturated heterocycles. The van der Waals surface area contributed by atoms with Crippen LogP contribution in [0.5, 0.6) is 11.5 Å². The zero-order valence-corrected chi connectivity index (χ0v) is 15.3. The molecule has 29 heavy (non-hydrogen) atoms. The van der Waals surface area contributed by atoms with Crippen LogP contribution < -0.4 is 14.8 Å². The molecule has 5 rings (SSSR count). The van der Waals surface area contributed by atoms with Gasteiger partial charge in [-0.15, -0.1) is 19.0 Å². The molecule has 148 valence electrons. The molecule has 0 spiro atoms. The van der Waals surface area contributed by atoms with Crippen LogP contribution >= 0.6 is 0 Å². The molecule has 0 atom stereocenters. The fourth-order valence-corrected chi connectivity index (χ4v) is 3.53. The Morgan fingerprint density at radius 2 is 2.00 bits per heavy atom. The normalized spacial score (nSPS) is 16.0. The van der Waals surface area contributed by atoms with Crippen molar-refractivity contribution in [3.05, 3.63) is 47.7 Å². The Balaban J connectivity index is 1.36. The number of anilines is 1. The molecule has 1 N–H and O–H groups in total. The molecule has 0 fully saturated rings. The first-order valence-electron chi connectivity index (χ1n) is 9.00. The molecule has 1 amide bonds. The van der Waals surface area contributed by atoms with Crippen LogP contribution in [0.2, 0.25) is 0 Å². The summed E-state index contributed by atoms with van der Waals surface area (Å²) in [6.45, 7) is 2.50. The van der Waals surface area contributed by atoms with Gasteiger partial charge in [0.2, 0.25) is 5.82 Å². The van der Waals surface area contributed by atoms with E-state index in [1.807, 2.05) is 0 Å². The van der Waals surface area contributed by atoms with Crippen molar-refractivity contribution in [1.82, 2.24) is 19.7 Å². The molecular weight excluding hydrogens is 384 g/mol. The summed E-state index contributed by atoms with van der Waals surface area (Å²) in [5.74, 6) is 0.993. The number of carbonyl (C=O) groups excluding carboxylic acids is 1. The van der Waals surface area contributed by atoms with Crippen molar-refractivity contribution in [3.63, 3.8) is 0 Å². The Labute approximate surface area is 163 Å². The third-order valence-electron chi connectivity index (χ3n) is 4.88. The molecular formula is C19H15F2N5O3. The maximum absolute atomic E-state index is 13.3. The number of nitrogens with zero attached hydrogens (tertiary/aromatic N) is 4. The van der Waals surface area contributed by atoms with Gasteiger partial charge in [0.15, 0.2) is 11.5 Å². The number of aryl methyl sites for hydroxylation is 2. The number of carbonyl (C=O) groups is 1. The third-order valence-corrected chi connectivity index (χ3v) is 4.88. The van der Waals surface area contributed by atoms with Gasteiger partial charge in [0.1, 0.15) is 11.6 Å². The van der Waals surface area contributed by atoms with Crippen LogP contribution in [0.4, 0.5) is 14.6 Å². The highest BCUT2D eigenvalue weighted by molar-refractivity contribution is 6.01. The molecule has 2 aliphatic heterocycles. The van der Waals surface area contributed by atoms with Crippen molar-refractivity contribution < 1.29 is 23.0 Å². The van der Waals surface area contributed by atoms with Gasteiger partial charge in [0, 0.05) is 24.7 Å². The fourth-order valence-electron chi connectivity index (χ4n) is 3.53. The highest BCUT2D eigenvalue weighted by Crippen LogP contribution is 2.44. The lowest BCUT2D eigenvalue weighted by atomic mass is 10.0. The fraction of sp³-hybridized carbons (Fsp3) is 0.263. The molecule has 4 heterocycles. The lowest BCUT2D eigenvalue weighted by molar-refractivity contribution is -0.286. The first-order chi connectivity index (χ1) is 13.9. The number of hydrogen-bond donors (Lipinski definition) is 1. The van der Waals surface area contributed by atoms with Gasteiger partial charge in [0.25, 0.3) is 5.91 Å². The van der Waals surface area contributed by atoms with Gasteiger partial charge >= 0.3 is 6.29 Å². The molecule has 2 aromatic heterocycles. The van der Waals surface area contributed by atoms with E-state index < -0.39 is 6.29 Å². The van der Waals surface area contributed by atoms with E-state index in [9.17, 15) is 13.6 Å². The molecule has 0 aliphatic carbocycles. The number of hydrogen-bond acceptors (Lipinski definition) is 6. The molecule has 0 bridgehead atoms. The Hall–Kier alpha value is -3.56. The number of halogens is 2. The summed E-state index contributed by atoms with van der Waals surface area (Å²) in [6, 6.07) is 6.35. The standard InChI is InChI=1S/C19H15F2N5O3/c1-10-7-13-14(29-19(20,21)28-13)8-12(10)11-4-5-15(22-9-11)23-18(27)17-25-24-16-3-2-6-26(16)17/h4-5,7-9H,2-3,6H2,1H3,(H,22,23,27). The van der Waals surface area contributed by atoms with Crippen LogP contribution in [-0.4, -0.2) is 32.0 Å². The van der Waals surface area contributed by atoms with Crippen LogP contribution in [0.1, 0.15) is 28.4 Å². The second-order valence-electron chi connectivity index (χ2n) is 6.86. The molecule has 10 heteroatoms. The van der Waals surface area contributed by atoms with Gasteiger partial charge in [-0.3, -0.25) is 4.79 Å². The molecule has 0 radical (unpaired) electrons. The van der Waals surface area contributed by atoms with Gasteiger partial charge in [0.05, 0.1) is 0 Å². The average Bonchev–Trinajstić information content (AvgIpc) is 3.34. The van der Waals surface area contributed by atoms with E-state index in [-0.39, 0.29) is 23.2 Å². The maximum Gasteiger partial charge on any atom is 0.586 e. The SMILES string of the molecule is Cc1cc2c(cc1-c1ccc(NC(=O)c3nnc4n3CCC4)nc1)OC(F)(F)O2. The lowest BCUT2D eigenvalue weighted by Gasteiger charge is -2.09. The lowest BCUT2D eigenvalue weighted by Crippen LogP contribution is -2.25. The zero-order chi connectivity index (χ0) is 20.2. The number of aromatic nitrogens is 4. The van der Waals surface area contributed by atoms with Gasteiger partial charge in [-0.2, -0.15) is 0 Å². The zero-order valence-electron chi connectivity index (χ0n) is 15.3.